The summed E-state index contributed by atoms with van der Waals surface area (Å²) >= 11 is 1.52. The number of nitrogens with zero attached hydrogens (tertiary/aromatic N) is 2. The van der Waals surface area contributed by atoms with Crippen LogP contribution in [0.2, 0.25) is 0 Å². The molecule has 1 N–H and O–H groups in total. The fourth-order valence-corrected chi connectivity index (χ4v) is 3.87. The summed E-state index contributed by atoms with van der Waals surface area (Å²) in [7, 11) is -3.50. The highest BCUT2D eigenvalue weighted by Crippen LogP contribution is 2.20. The normalized spacial score (nSPS) is 11.4. The maximum atomic E-state index is 12.1. The number of aromatic nitrogens is 2. The molecule has 142 valence electrons. The summed E-state index contributed by atoms with van der Waals surface area (Å²) in [4.78, 5) is 12.9. The number of benzene rings is 1. The summed E-state index contributed by atoms with van der Waals surface area (Å²) in [5, 5.41) is 6.22. The van der Waals surface area contributed by atoms with Crippen molar-refractivity contribution in [2.75, 3.05) is 18.9 Å². The minimum atomic E-state index is -3.50. The van der Waals surface area contributed by atoms with Crippen LogP contribution in [0.5, 0.6) is 5.75 Å². The van der Waals surface area contributed by atoms with Gasteiger partial charge >= 0.3 is 0 Å². The molecule has 0 saturated heterocycles. The number of para-hydroxylation sites is 1. The van der Waals surface area contributed by atoms with Crippen LogP contribution in [0.15, 0.2) is 64.8 Å². The Morgan fingerprint density at radius 2 is 1.89 bits per heavy atom. The van der Waals surface area contributed by atoms with Crippen LogP contribution in [0.3, 0.4) is 0 Å². The van der Waals surface area contributed by atoms with E-state index in [-0.39, 0.29) is 31.0 Å². The summed E-state index contributed by atoms with van der Waals surface area (Å²) in [5.41, 5.74) is 0.408. The molecule has 0 unspecified atom stereocenters. The molecule has 9 heteroatoms. The highest BCUT2D eigenvalue weighted by molar-refractivity contribution is 7.89. The summed E-state index contributed by atoms with van der Waals surface area (Å²) in [6, 6.07) is 15.9. The Labute approximate surface area is 161 Å². The van der Waals surface area contributed by atoms with Crippen molar-refractivity contribution in [1.82, 2.24) is 14.5 Å². The summed E-state index contributed by atoms with van der Waals surface area (Å²) in [5.74, 6) is 0.452. The van der Waals surface area contributed by atoms with Gasteiger partial charge in [0.15, 0.2) is 0 Å². The molecule has 0 spiro atoms. The molecule has 0 aliphatic rings. The molecule has 3 aromatic rings. The molecule has 0 radical (unpaired) electrons. The van der Waals surface area contributed by atoms with Gasteiger partial charge in [0.1, 0.15) is 18.1 Å². The van der Waals surface area contributed by atoms with Gasteiger partial charge in [-0.1, -0.05) is 24.3 Å². The van der Waals surface area contributed by atoms with E-state index in [0.29, 0.717) is 11.4 Å². The molecular weight excluding hydrogens is 386 g/mol. The number of ether oxygens (including phenoxy) is 1. The second kappa shape index (κ2) is 8.94. The van der Waals surface area contributed by atoms with Gasteiger partial charge < -0.3 is 4.74 Å². The first-order valence-electron chi connectivity index (χ1n) is 8.31. The van der Waals surface area contributed by atoms with Crippen molar-refractivity contribution in [2.45, 2.75) is 6.54 Å². The number of sulfonamides is 1. The summed E-state index contributed by atoms with van der Waals surface area (Å²) in [6.07, 6.45) is 0. The average Bonchev–Trinajstić information content (AvgIpc) is 3.19. The molecule has 0 aliphatic carbocycles. The standard InChI is InChI=1S/C18H19N3O4S2/c22-18-9-8-16(17-7-4-13-26-17)20-21(18)11-10-19-27(23,24)14-12-25-15-5-2-1-3-6-15/h1-9,13,19H,10-12,14H2. The van der Waals surface area contributed by atoms with E-state index in [1.165, 1.54) is 22.1 Å². The SMILES string of the molecule is O=c1ccc(-c2cccs2)nn1CCNS(=O)(=O)CCOc1ccccc1. The quantitative estimate of drug-likeness (QED) is 0.588. The third-order valence-corrected chi connectivity index (χ3v) is 5.89. The van der Waals surface area contributed by atoms with E-state index in [1.807, 2.05) is 35.7 Å². The Morgan fingerprint density at radius 1 is 1.07 bits per heavy atom. The zero-order valence-corrected chi connectivity index (χ0v) is 16.1. The Morgan fingerprint density at radius 3 is 2.63 bits per heavy atom. The van der Waals surface area contributed by atoms with E-state index >= 15 is 0 Å². The molecule has 0 amide bonds. The van der Waals surface area contributed by atoms with Crippen LogP contribution in [-0.2, 0) is 16.6 Å². The predicted molar refractivity (Wildman–Crippen MR) is 106 cm³/mol. The third kappa shape index (κ3) is 5.75. The van der Waals surface area contributed by atoms with Gasteiger partial charge in [0.05, 0.1) is 17.2 Å². The first-order valence-corrected chi connectivity index (χ1v) is 10.8. The fourth-order valence-electron chi connectivity index (χ4n) is 2.33. The molecule has 7 nitrogen and oxygen atoms in total. The fraction of sp³-hybridized carbons (Fsp3) is 0.222. The molecule has 2 aromatic heterocycles. The number of thiophene rings is 1. The number of nitrogens with one attached hydrogen (secondary N) is 1. The minimum absolute atomic E-state index is 0.0470. The predicted octanol–water partition coefficient (Wildman–Crippen LogP) is 1.97. The van der Waals surface area contributed by atoms with E-state index in [2.05, 4.69) is 9.82 Å². The minimum Gasteiger partial charge on any atom is -0.492 e. The molecular formula is C18H19N3O4S2. The molecule has 0 bridgehead atoms. The molecule has 0 atom stereocenters. The second-order valence-electron chi connectivity index (χ2n) is 5.63. The molecule has 1 aromatic carbocycles. The van der Waals surface area contributed by atoms with Gasteiger partial charge in [0, 0.05) is 12.6 Å². The summed E-state index contributed by atoms with van der Waals surface area (Å²) < 4.78 is 33.2. The molecule has 27 heavy (non-hydrogen) atoms. The lowest BCUT2D eigenvalue weighted by Gasteiger charge is -2.09. The first-order chi connectivity index (χ1) is 13.0. The topological polar surface area (TPSA) is 90.3 Å². The second-order valence-corrected chi connectivity index (χ2v) is 8.51. The van der Waals surface area contributed by atoms with Gasteiger partial charge in [0.25, 0.3) is 5.56 Å². The maximum Gasteiger partial charge on any atom is 0.266 e. The van der Waals surface area contributed by atoms with Crippen LogP contribution in [0.1, 0.15) is 0 Å². The van der Waals surface area contributed by atoms with Crippen LogP contribution in [0.4, 0.5) is 0 Å². The third-order valence-electron chi connectivity index (χ3n) is 3.65. The van der Waals surface area contributed by atoms with Crippen molar-refractivity contribution in [1.29, 1.82) is 0 Å². The number of rotatable bonds is 9. The maximum absolute atomic E-state index is 12.1. The Hall–Kier alpha value is -2.49. The van der Waals surface area contributed by atoms with Gasteiger partial charge in [-0.15, -0.1) is 11.3 Å². The van der Waals surface area contributed by atoms with Crippen LogP contribution < -0.4 is 15.0 Å². The lowest BCUT2D eigenvalue weighted by Crippen LogP contribution is -2.34. The highest BCUT2D eigenvalue weighted by Gasteiger charge is 2.11. The van der Waals surface area contributed by atoms with E-state index in [1.54, 1.807) is 18.2 Å². The van der Waals surface area contributed by atoms with Crippen LogP contribution in [0, 0.1) is 0 Å². The highest BCUT2D eigenvalue weighted by atomic mass is 32.2. The molecule has 2 heterocycles. The van der Waals surface area contributed by atoms with Crippen molar-refractivity contribution in [2.24, 2.45) is 0 Å². The van der Waals surface area contributed by atoms with E-state index in [0.717, 1.165) is 4.88 Å². The monoisotopic (exact) mass is 405 g/mol. The van der Waals surface area contributed by atoms with Crippen molar-refractivity contribution in [3.05, 3.63) is 70.3 Å². The van der Waals surface area contributed by atoms with Gasteiger partial charge in [-0.25, -0.2) is 17.8 Å². The van der Waals surface area contributed by atoms with E-state index in [4.69, 9.17) is 4.74 Å². The lowest BCUT2D eigenvalue weighted by molar-refractivity contribution is 0.340. The van der Waals surface area contributed by atoms with Crippen LogP contribution in [-0.4, -0.2) is 37.1 Å². The number of hydrogen-bond acceptors (Lipinski definition) is 6. The lowest BCUT2D eigenvalue weighted by atomic mass is 10.3. The molecule has 0 aliphatic heterocycles. The Bertz CT molecular complexity index is 1020. The van der Waals surface area contributed by atoms with Gasteiger partial charge in [-0.2, -0.15) is 5.10 Å². The van der Waals surface area contributed by atoms with Crippen LogP contribution in [0.25, 0.3) is 10.6 Å². The molecule has 3 rings (SSSR count). The van der Waals surface area contributed by atoms with Crippen molar-refractivity contribution in [3.63, 3.8) is 0 Å². The van der Waals surface area contributed by atoms with Gasteiger partial charge in [-0.3, -0.25) is 4.79 Å². The van der Waals surface area contributed by atoms with Gasteiger partial charge in [0.2, 0.25) is 10.0 Å². The summed E-state index contributed by atoms with van der Waals surface area (Å²) in [6.45, 7) is 0.275. The van der Waals surface area contributed by atoms with Crippen molar-refractivity contribution < 1.29 is 13.2 Å². The van der Waals surface area contributed by atoms with Crippen LogP contribution >= 0.6 is 11.3 Å². The smallest absolute Gasteiger partial charge is 0.266 e. The average molecular weight is 406 g/mol. The Kier molecular flexibility index (Phi) is 6.38. The van der Waals surface area contributed by atoms with Crippen molar-refractivity contribution >= 4 is 21.4 Å². The van der Waals surface area contributed by atoms with E-state index < -0.39 is 10.0 Å². The molecule has 0 saturated carbocycles. The zero-order valence-electron chi connectivity index (χ0n) is 14.4. The zero-order chi connectivity index (χ0) is 19.1. The van der Waals surface area contributed by atoms with Crippen molar-refractivity contribution in [3.8, 4) is 16.3 Å². The first kappa shape index (κ1) is 19.3. The Balaban J connectivity index is 1.51. The molecule has 0 fully saturated rings. The van der Waals surface area contributed by atoms with Gasteiger partial charge in [-0.05, 0) is 29.6 Å². The number of hydrogen-bond donors (Lipinski definition) is 1. The largest absolute Gasteiger partial charge is 0.492 e. The van der Waals surface area contributed by atoms with E-state index in [9.17, 15) is 13.2 Å².